The van der Waals surface area contributed by atoms with E-state index in [4.69, 9.17) is 11.6 Å². The normalized spacial score (nSPS) is 9.95. The molecule has 1 heterocycles. The molecule has 0 fully saturated rings. The Bertz CT molecular complexity index is 716. The van der Waals surface area contributed by atoms with Crippen molar-refractivity contribution in [1.29, 1.82) is 0 Å². The number of benzene rings is 1. The van der Waals surface area contributed by atoms with Gasteiger partial charge in [-0.2, -0.15) is 5.10 Å². The first-order valence-electron chi connectivity index (χ1n) is 5.18. The second kappa shape index (κ2) is 6.87. The molecule has 0 atom stereocenters. The average molecular weight is 366 g/mol. The van der Waals surface area contributed by atoms with E-state index >= 15 is 0 Å². The summed E-state index contributed by atoms with van der Waals surface area (Å²) in [5, 5.41) is 14.5. The van der Waals surface area contributed by atoms with E-state index in [1.54, 1.807) is 31.2 Å². The van der Waals surface area contributed by atoms with Gasteiger partial charge in [-0.15, -0.1) is 0 Å². The monoisotopic (exact) mass is 364 g/mol. The van der Waals surface area contributed by atoms with E-state index in [-0.39, 0.29) is 34.6 Å². The first-order chi connectivity index (χ1) is 8.91. The van der Waals surface area contributed by atoms with E-state index in [0.29, 0.717) is 11.4 Å². The van der Waals surface area contributed by atoms with Gasteiger partial charge in [0.15, 0.2) is 5.69 Å². The van der Waals surface area contributed by atoms with Gasteiger partial charge in [-0.25, -0.2) is 4.68 Å². The van der Waals surface area contributed by atoms with Crippen LogP contribution in [0.4, 0.5) is 0 Å². The van der Waals surface area contributed by atoms with Crippen LogP contribution in [-0.2, 0) is 0 Å². The van der Waals surface area contributed by atoms with Crippen LogP contribution in [0.1, 0.15) is 16.2 Å². The minimum absolute atomic E-state index is 0. The van der Waals surface area contributed by atoms with Crippen LogP contribution < -0.4 is 40.1 Å². The number of carboxylic acid groups (broad SMARTS) is 1. The molecule has 1 aromatic heterocycles. The predicted octanol–water partition coefficient (Wildman–Crippen LogP) is -1.68. The first-order valence-corrected chi connectivity index (χ1v) is 6.35. The number of carbonyl (C=O) groups is 1. The maximum absolute atomic E-state index is 11.6. The fourth-order valence-corrected chi connectivity index (χ4v) is 1.98. The predicted molar refractivity (Wildman–Crippen MR) is 71.6 cm³/mol. The Morgan fingerprint density at radius 2 is 1.90 bits per heavy atom. The zero-order chi connectivity index (χ0) is 14.2. The van der Waals surface area contributed by atoms with E-state index in [2.05, 4.69) is 21.0 Å². The largest absolute Gasteiger partial charge is 1.00 e. The van der Waals surface area contributed by atoms with Crippen LogP contribution in [0.2, 0.25) is 5.02 Å². The second-order valence-corrected chi connectivity index (χ2v) is 5.05. The van der Waals surface area contributed by atoms with E-state index in [0.717, 1.165) is 4.47 Å². The number of aromatic carboxylic acids is 1. The SMILES string of the molecule is Cc1c(Cl)c(=O)c(C(=O)[O-])nn1-c1ccc(Br)cc1.[Na+]. The summed E-state index contributed by atoms with van der Waals surface area (Å²) in [6, 6.07) is 6.95. The third-order valence-corrected chi connectivity index (χ3v) is 3.49. The molecule has 0 amide bonds. The van der Waals surface area contributed by atoms with Gasteiger partial charge < -0.3 is 9.90 Å². The van der Waals surface area contributed by atoms with Gasteiger partial charge in [-0.1, -0.05) is 27.5 Å². The molecule has 0 aliphatic carbocycles. The molecule has 0 unspecified atom stereocenters. The molecule has 0 saturated carbocycles. The summed E-state index contributed by atoms with van der Waals surface area (Å²) < 4.78 is 2.16. The van der Waals surface area contributed by atoms with Crippen LogP contribution >= 0.6 is 27.5 Å². The van der Waals surface area contributed by atoms with Crippen LogP contribution in [-0.4, -0.2) is 15.7 Å². The first kappa shape index (κ1) is 17.4. The quantitative estimate of drug-likeness (QED) is 0.596. The van der Waals surface area contributed by atoms with Gasteiger partial charge in [0, 0.05) is 4.47 Å². The van der Waals surface area contributed by atoms with Crippen molar-refractivity contribution in [3.05, 3.63) is 55.4 Å². The van der Waals surface area contributed by atoms with Gasteiger partial charge in [0.1, 0.15) is 5.02 Å². The average Bonchev–Trinajstić information content (AvgIpc) is 2.37. The summed E-state index contributed by atoms with van der Waals surface area (Å²) >= 11 is 9.13. The van der Waals surface area contributed by atoms with Crippen LogP contribution in [0.25, 0.3) is 5.69 Å². The van der Waals surface area contributed by atoms with E-state index < -0.39 is 17.1 Å². The van der Waals surface area contributed by atoms with Crippen LogP contribution in [0.5, 0.6) is 0 Å². The zero-order valence-electron chi connectivity index (χ0n) is 10.7. The molecule has 5 nitrogen and oxygen atoms in total. The molecule has 98 valence electrons. The molecular formula is C12H7BrClN2NaO3. The van der Waals surface area contributed by atoms with Gasteiger partial charge >= 0.3 is 29.6 Å². The van der Waals surface area contributed by atoms with Crippen molar-refractivity contribution in [2.24, 2.45) is 0 Å². The minimum atomic E-state index is -1.65. The third kappa shape index (κ3) is 3.32. The molecule has 0 bridgehead atoms. The van der Waals surface area contributed by atoms with Crippen molar-refractivity contribution in [2.75, 3.05) is 0 Å². The summed E-state index contributed by atoms with van der Waals surface area (Å²) in [6.07, 6.45) is 0. The molecule has 0 aliphatic rings. The number of rotatable bonds is 2. The number of carboxylic acids is 1. The van der Waals surface area contributed by atoms with Gasteiger partial charge in [0.25, 0.3) is 0 Å². The molecular weight excluding hydrogens is 358 g/mol. The van der Waals surface area contributed by atoms with Gasteiger partial charge in [0.2, 0.25) is 5.43 Å². The Kier molecular flexibility index (Phi) is 5.97. The maximum Gasteiger partial charge on any atom is 1.00 e. The number of carbonyl (C=O) groups excluding carboxylic acids is 1. The van der Waals surface area contributed by atoms with Crippen molar-refractivity contribution in [2.45, 2.75) is 6.92 Å². The van der Waals surface area contributed by atoms with Crippen molar-refractivity contribution < 1.29 is 39.5 Å². The van der Waals surface area contributed by atoms with E-state index in [1.807, 2.05) is 0 Å². The second-order valence-electron chi connectivity index (χ2n) is 3.75. The Balaban J connectivity index is 0.00000200. The molecule has 0 N–H and O–H groups in total. The Morgan fingerprint density at radius 1 is 1.35 bits per heavy atom. The molecule has 1 aromatic carbocycles. The molecule has 0 radical (unpaired) electrons. The van der Waals surface area contributed by atoms with Crippen LogP contribution in [0.15, 0.2) is 33.5 Å². The molecule has 8 heteroatoms. The van der Waals surface area contributed by atoms with E-state index in [9.17, 15) is 14.7 Å². The summed E-state index contributed by atoms with van der Waals surface area (Å²) in [4.78, 5) is 22.5. The van der Waals surface area contributed by atoms with Gasteiger partial charge in [-0.3, -0.25) is 4.79 Å². The third-order valence-electron chi connectivity index (χ3n) is 2.51. The van der Waals surface area contributed by atoms with E-state index in [1.165, 1.54) is 4.68 Å². The van der Waals surface area contributed by atoms with Crippen molar-refractivity contribution >= 4 is 33.5 Å². The molecule has 2 aromatic rings. The molecule has 0 spiro atoms. The zero-order valence-corrected chi connectivity index (χ0v) is 15.0. The number of hydrogen-bond donors (Lipinski definition) is 0. The van der Waals surface area contributed by atoms with Gasteiger partial charge in [0.05, 0.1) is 17.4 Å². The maximum atomic E-state index is 11.6. The standard InChI is InChI=1S/C12H8BrClN2O3.Na/c1-6-9(14)11(17)10(12(18)19)15-16(6)8-4-2-7(13)3-5-8;/h2-5H,1H3,(H,18,19);/q;+1/p-1. The molecule has 2 rings (SSSR count). The number of aromatic nitrogens is 2. The van der Waals surface area contributed by atoms with Crippen LogP contribution in [0.3, 0.4) is 0 Å². The van der Waals surface area contributed by atoms with Crippen LogP contribution in [0, 0.1) is 6.92 Å². The summed E-state index contributed by atoms with van der Waals surface area (Å²) in [6.45, 7) is 1.58. The fourth-order valence-electron chi connectivity index (χ4n) is 1.55. The van der Waals surface area contributed by atoms with Gasteiger partial charge in [-0.05, 0) is 31.2 Å². The Morgan fingerprint density at radius 3 is 2.40 bits per heavy atom. The van der Waals surface area contributed by atoms with Crippen molar-refractivity contribution in [3.8, 4) is 5.69 Å². The summed E-state index contributed by atoms with van der Waals surface area (Å²) in [5.74, 6) is -1.65. The van der Waals surface area contributed by atoms with Crippen molar-refractivity contribution in [3.63, 3.8) is 0 Å². The number of hydrogen-bond acceptors (Lipinski definition) is 4. The summed E-state index contributed by atoms with van der Waals surface area (Å²) in [7, 11) is 0. The number of nitrogens with zero attached hydrogens (tertiary/aromatic N) is 2. The minimum Gasteiger partial charge on any atom is -0.543 e. The van der Waals surface area contributed by atoms with Crippen molar-refractivity contribution in [1.82, 2.24) is 9.78 Å². The Hall–Kier alpha value is -0.660. The number of halogens is 2. The summed E-state index contributed by atoms with van der Waals surface area (Å²) in [5.41, 5.74) is -0.602. The topological polar surface area (TPSA) is 75.0 Å². The smallest absolute Gasteiger partial charge is 0.543 e. The molecule has 0 aliphatic heterocycles. The molecule has 20 heavy (non-hydrogen) atoms. The Labute approximate surface area is 150 Å². The molecule has 0 saturated heterocycles. The fraction of sp³-hybridized carbons (Fsp3) is 0.0833.